The maximum absolute atomic E-state index is 2.36. The molecule has 1 aliphatic rings. The molecule has 0 spiro atoms. The molecule has 1 aliphatic carbocycles. The van der Waals surface area contributed by atoms with Gasteiger partial charge < -0.3 is 0 Å². The molecule has 0 fully saturated rings. The molecule has 0 bridgehead atoms. The van der Waals surface area contributed by atoms with Crippen molar-refractivity contribution in [2.75, 3.05) is 0 Å². The van der Waals surface area contributed by atoms with E-state index in [2.05, 4.69) is 39.8 Å². The molecule has 1 aromatic rings. The van der Waals surface area contributed by atoms with E-state index in [0.29, 0.717) is 0 Å². The Morgan fingerprint density at radius 1 is 1.15 bits per heavy atom. The highest BCUT2D eigenvalue weighted by Gasteiger charge is 2.26. The molecule has 0 aromatic heterocycles. The summed E-state index contributed by atoms with van der Waals surface area (Å²) >= 11 is 0. The summed E-state index contributed by atoms with van der Waals surface area (Å²) in [5, 5.41) is 0. The van der Waals surface area contributed by atoms with Crippen molar-refractivity contribution >= 4 is 0 Å². The van der Waals surface area contributed by atoms with Crippen molar-refractivity contribution in [3.63, 3.8) is 0 Å². The molecule has 0 amide bonds. The molecule has 1 aromatic carbocycles. The Morgan fingerprint density at radius 2 is 1.85 bits per heavy atom. The topological polar surface area (TPSA) is 0 Å². The molecule has 13 heavy (non-hydrogen) atoms. The smallest absolute Gasteiger partial charge is 0.0159 e. The summed E-state index contributed by atoms with van der Waals surface area (Å²) in [7, 11) is 0. The molecule has 0 N–H and O–H groups in total. The molecule has 0 radical (unpaired) electrons. The first kappa shape index (κ1) is 8.80. The summed E-state index contributed by atoms with van der Waals surface area (Å²) in [6.07, 6.45) is 1.28. The fourth-order valence-electron chi connectivity index (χ4n) is 2.40. The summed E-state index contributed by atoms with van der Waals surface area (Å²) in [6.45, 7) is 9.19. The minimum atomic E-state index is 0.759. The van der Waals surface area contributed by atoms with Crippen molar-refractivity contribution in [3.8, 4) is 0 Å². The van der Waals surface area contributed by atoms with Crippen molar-refractivity contribution < 1.29 is 0 Å². The second-order valence-corrected chi connectivity index (χ2v) is 4.55. The van der Waals surface area contributed by atoms with Gasteiger partial charge in [0.25, 0.3) is 0 Å². The third-order valence-electron chi connectivity index (χ3n) is 3.78. The van der Waals surface area contributed by atoms with Crippen molar-refractivity contribution in [1.82, 2.24) is 0 Å². The van der Waals surface area contributed by atoms with Crippen LogP contribution in [0.1, 0.15) is 42.0 Å². The van der Waals surface area contributed by atoms with Crippen LogP contribution in [0.2, 0.25) is 0 Å². The molecule has 70 valence electrons. The van der Waals surface area contributed by atoms with Gasteiger partial charge >= 0.3 is 0 Å². The quantitative estimate of drug-likeness (QED) is 0.563. The van der Waals surface area contributed by atoms with Gasteiger partial charge in [0, 0.05) is 0 Å². The Bertz CT molecular complexity index is 336. The molecule has 0 saturated carbocycles. The van der Waals surface area contributed by atoms with E-state index < -0.39 is 0 Å². The van der Waals surface area contributed by atoms with Gasteiger partial charge in [0.15, 0.2) is 0 Å². The maximum Gasteiger partial charge on any atom is -0.0159 e. The van der Waals surface area contributed by atoms with Crippen LogP contribution in [0.15, 0.2) is 12.1 Å². The molecule has 0 unspecified atom stereocenters. The van der Waals surface area contributed by atoms with Crippen molar-refractivity contribution in [2.24, 2.45) is 5.92 Å². The fraction of sp³-hybridized carbons (Fsp3) is 0.538. The highest BCUT2D eigenvalue weighted by Crippen LogP contribution is 2.39. The standard InChI is InChI=1S/C13H18/c1-8-5-6-12-11(4)9(2)7-13(12)10(8)3/h5-6,9,11H,7H2,1-4H3/t9-,11-/m1/s1. The van der Waals surface area contributed by atoms with Crippen LogP contribution in [-0.4, -0.2) is 0 Å². The van der Waals surface area contributed by atoms with Gasteiger partial charge in [0.1, 0.15) is 0 Å². The van der Waals surface area contributed by atoms with E-state index in [0.717, 1.165) is 11.8 Å². The normalized spacial score (nSPS) is 26.2. The van der Waals surface area contributed by atoms with E-state index in [1.165, 1.54) is 17.5 Å². The van der Waals surface area contributed by atoms with Crippen molar-refractivity contribution in [2.45, 2.75) is 40.0 Å². The summed E-state index contributed by atoms with van der Waals surface area (Å²) in [4.78, 5) is 0. The summed E-state index contributed by atoms with van der Waals surface area (Å²) in [5.74, 6) is 1.59. The summed E-state index contributed by atoms with van der Waals surface area (Å²) in [5.41, 5.74) is 6.18. The van der Waals surface area contributed by atoms with Crippen LogP contribution in [0, 0.1) is 19.8 Å². The molecule has 0 aliphatic heterocycles. The third kappa shape index (κ3) is 1.20. The van der Waals surface area contributed by atoms with Gasteiger partial charge in [-0.3, -0.25) is 0 Å². The monoisotopic (exact) mass is 174 g/mol. The first-order valence-electron chi connectivity index (χ1n) is 5.20. The highest BCUT2D eigenvalue weighted by molar-refractivity contribution is 5.44. The van der Waals surface area contributed by atoms with Crippen LogP contribution in [0.4, 0.5) is 0 Å². The van der Waals surface area contributed by atoms with Crippen LogP contribution in [0.25, 0.3) is 0 Å². The van der Waals surface area contributed by atoms with Gasteiger partial charge in [-0.15, -0.1) is 0 Å². The molecule has 0 heterocycles. The lowest BCUT2D eigenvalue weighted by atomic mass is 9.95. The Balaban J connectivity index is 2.57. The largest absolute Gasteiger partial charge is 0.0616 e. The molecule has 0 heteroatoms. The van der Waals surface area contributed by atoms with Gasteiger partial charge in [0.2, 0.25) is 0 Å². The third-order valence-corrected chi connectivity index (χ3v) is 3.78. The van der Waals surface area contributed by atoms with Gasteiger partial charge in [-0.1, -0.05) is 26.0 Å². The van der Waals surface area contributed by atoms with E-state index in [-0.39, 0.29) is 0 Å². The van der Waals surface area contributed by atoms with Gasteiger partial charge in [-0.25, -0.2) is 0 Å². The zero-order chi connectivity index (χ0) is 9.59. The number of hydrogen-bond donors (Lipinski definition) is 0. The predicted octanol–water partition coefficient (Wildman–Crippen LogP) is 3.60. The van der Waals surface area contributed by atoms with Crippen LogP contribution >= 0.6 is 0 Å². The molecule has 2 rings (SSSR count). The Hall–Kier alpha value is -0.780. The molecule has 0 nitrogen and oxygen atoms in total. The Morgan fingerprint density at radius 3 is 2.54 bits per heavy atom. The lowest BCUT2D eigenvalue weighted by Gasteiger charge is -2.10. The van der Waals surface area contributed by atoms with E-state index in [4.69, 9.17) is 0 Å². The molecule has 0 saturated heterocycles. The summed E-state index contributed by atoms with van der Waals surface area (Å²) in [6, 6.07) is 4.59. The first-order valence-corrected chi connectivity index (χ1v) is 5.20. The lowest BCUT2D eigenvalue weighted by molar-refractivity contribution is 0.531. The molecular weight excluding hydrogens is 156 g/mol. The Kier molecular flexibility index (Phi) is 1.94. The highest BCUT2D eigenvalue weighted by atomic mass is 14.3. The predicted molar refractivity (Wildman–Crippen MR) is 57.2 cm³/mol. The zero-order valence-corrected chi connectivity index (χ0v) is 9.02. The van der Waals surface area contributed by atoms with E-state index >= 15 is 0 Å². The number of aryl methyl sites for hydroxylation is 1. The van der Waals surface area contributed by atoms with Crippen LogP contribution in [-0.2, 0) is 6.42 Å². The number of fused-ring (bicyclic) bond motifs is 1. The number of benzene rings is 1. The second-order valence-electron chi connectivity index (χ2n) is 4.55. The van der Waals surface area contributed by atoms with E-state index in [1.54, 1.807) is 11.1 Å². The van der Waals surface area contributed by atoms with E-state index in [1.807, 2.05) is 0 Å². The van der Waals surface area contributed by atoms with Crippen LogP contribution in [0.5, 0.6) is 0 Å². The molecular formula is C13H18. The van der Waals surface area contributed by atoms with Crippen LogP contribution < -0.4 is 0 Å². The van der Waals surface area contributed by atoms with Gasteiger partial charge in [0.05, 0.1) is 0 Å². The first-order chi connectivity index (χ1) is 6.11. The van der Waals surface area contributed by atoms with Crippen molar-refractivity contribution in [1.29, 1.82) is 0 Å². The summed E-state index contributed by atoms with van der Waals surface area (Å²) < 4.78 is 0. The zero-order valence-electron chi connectivity index (χ0n) is 9.02. The fourth-order valence-corrected chi connectivity index (χ4v) is 2.40. The van der Waals surface area contributed by atoms with E-state index in [9.17, 15) is 0 Å². The average molecular weight is 174 g/mol. The minimum absolute atomic E-state index is 0.759. The maximum atomic E-state index is 2.36. The van der Waals surface area contributed by atoms with Crippen LogP contribution in [0.3, 0.4) is 0 Å². The SMILES string of the molecule is Cc1ccc2c(c1C)C[C@@H](C)[C@H]2C. The molecule has 2 atom stereocenters. The number of rotatable bonds is 0. The number of hydrogen-bond acceptors (Lipinski definition) is 0. The average Bonchev–Trinajstić information content (AvgIpc) is 2.38. The minimum Gasteiger partial charge on any atom is -0.0616 e. The van der Waals surface area contributed by atoms with Crippen molar-refractivity contribution in [3.05, 3.63) is 34.4 Å². The van der Waals surface area contributed by atoms with Gasteiger partial charge in [-0.05, 0) is 54.4 Å². The van der Waals surface area contributed by atoms with Gasteiger partial charge in [-0.2, -0.15) is 0 Å². The second kappa shape index (κ2) is 2.87. The Labute approximate surface area is 81.0 Å². The lowest BCUT2D eigenvalue weighted by Crippen LogP contribution is -1.97.